The topological polar surface area (TPSA) is 72.5 Å². The number of anilines is 2. The van der Waals surface area contributed by atoms with Gasteiger partial charge in [0.1, 0.15) is 0 Å². The molecular formula is C21H27N5O2. The van der Waals surface area contributed by atoms with Crippen molar-refractivity contribution >= 4 is 17.3 Å². The lowest BCUT2D eigenvalue weighted by Crippen LogP contribution is -2.52. The number of hydrogen-bond acceptors (Lipinski definition) is 5. The van der Waals surface area contributed by atoms with Gasteiger partial charge in [-0.15, -0.1) is 0 Å². The molecule has 1 N–H and O–H groups in total. The molecule has 1 atom stereocenters. The van der Waals surface area contributed by atoms with Crippen molar-refractivity contribution in [3.8, 4) is 0 Å². The standard InChI is InChI=1S/C21H27N5O2/c1-16-4-2-6-18(12-16)24-8-10-25(11-9-24)21(28)17-5-3-7-26(15-17)19-13-20(27)23-22-14-19/h2,4,6,12-14,17H,3,5,7-11,15H2,1H3,(H,23,27). The second kappa shape index (κ2) is 8.04. The van der Waals surface area contributed by atoms with Crippen molar-refractivity contribution in [2.45, 2.75) is 19.8 Å². The van der Waals surface area contributed by atoms with Gasteiger partial charge in [0.2, 0.25) is 5.91 Å². The Kier molecular flexibility index (Phi) is 5.32. The largest absolute Gasteiger partial charge is 0.369 e. The average Bonchev–Trinajstić information content (AvgIpc) is 2.73. The number of hydrogen-bond donors (Lipinski definition) is 1. The zero-order chi connectivity index (χ0) is 19.5. The van der Waals surface area contributed by atoms with Crippen molar-refractivity contribution in [3.63, 3.8) is 0 Å². The molecule has 2 aliphatic heterocycles. The summed E-state index contributed by atoms with van der Waals surface area (Å²) in [6.45, 7) is 6.87. The smallest absolute Gasteiger partial charge is 0.266 e. The van der Waals surface area contributed by atoms with Crippen LogP contribution >= 0.6 is 0 Å². The van der Waals surface area contributed by atoms with Gasteiger partial charge in [-0.3, -0.25) is 9.59 Å². The first-order chi connectivity index (χ1) is 13.6. The highest BCUT2D eigenvalue weighted by Gasteiger charge is 2.31. The number of aromatic amines is 1. The van der Waals surface area contributed by atoms with Crippen LogP contribution in [-0.4, -0.2) is 60.3 Å². The Morgan fingerprint density at radius 1 is 1.07 bits per heavy atom. The van der Waals surface area contributed by atoms with Gasteiger partial charge in [-0.05, 0) is 37.5 Å². The summed E-state index contributed by atoms with van der Waals surface area (Å²) < 4.78 is 0. The highest BCUT2D eigenvalue weighted by atomic mass is 16.2. The van der Waals surface area contributed by atoms with E-state index in [1.165, 1.54) is 11.3 Å². The number of amides is 1. The van der Waals surface area contributed by atoms with Crippen molar-refractivity contribution < 1.29 is 4.79 Å². The molecule has 2 saturated heterocycles. The summed E-state index contributed by atoms with van der Waals surface area (Å²) in [5.41, 5.74) is 3.08. The second-order valence-corrected chi connectivity index (χ2v) is 7.74. The van der Waals surface area contributed by atoms with E-state index in [0.29, 0.717) is 6.54 Å². The lowest BCUT2D eigenvalue weighted by atomic mass is 9.96. The van der Waals surface area contributed by atoms with Gasteiger partial charge in [-0.2, -0.15) is 5.10 Å². The Balaban J connectivity index is 1.36. The molecule has 0 spiro atoms. The van der Waals surface area contributed by atoms with Crippen LogP contribution in [0, 0.1) is 12.8 Å². The maximum atomic E-state index is 13.1. The third-order valence-corrected chi connectivity index (χ3v) is 5.74. The summed E-state index contributed by atoms with van der Waals surface area (Å²) in [7, 11) is 0. The summed E-state index contributed by atoms with van der Waals surface area (Å²) in [5.74, 6) is 0.227. The molecule has 2 aromatic rings. The number of carbonyl (C=O) groups is 1. The zero-order valence-electron chi connectivity index (χ0n) is 16.3. The summed E-state index contributed by atoms with van der Waals surface area (Å²) in [6, 6.07) is 10.1. The van der Waals surface area contributed by atoms with Crippen molar-refractivity contribution in [2.24, 2.45) is 5.92 Å². The maximum Gasteiger partial charge on any atom is 0.266 e. The van der Waals surface area contributed by atoms with E-state index in [-0.39, 0.29) is 17.4 Å². The first-order valence-electron chi connectivity index (χ1n) is 10.0. The van der Waals surface area contributed by atoms with Gasteiger partial charge in [-0.1, -0.05) is 12.1 Å². The van der Waals surface area contributed by atoms with Crippen LogP contribution in [0.5, 0.6) is 0 Å². The maximum absolute atomic E-state index is 13.1. The van der Waals surface area contributed by atoms with Crippen LogP contribution in [0.3, 0.4) is 0 Å². The first kappa shape index (κ1) is 18.5. The molecule has 28 heavy (non-hydrogen) atoms. The van der Waals surface area contributed by atoms with Crippen molar-refractivity contribution in [2.75, 3.05) is 49.1 Å². The number of nitrogens with one attached hydrogen (secondary N) is 1. The van der Waals surface area contributed by atoms with E-state index in [2.05, 4.69) is 51.2 Å². The number of carbonyl (C=O) groups excluding carboxylic acids is 1. The number of benzene rings is 1. The van der Waals surface area contributed by atoms with Crippen LogP contribution in [0.2, 0.25) is 0 Å². The van der Waals surface area contributed by atoms with Gasteiger partial charge in [0, 0.05) is 51.0 Å². The molecule has 1 aromatic carbocycles. The highest BCUT2D eigenvalue weighted by Crippen LogP contribution is 2.24. The molecule has 7 heteroatoms. The third kappa shape index (κ3) is 4.03. The van der Waals surface area contributed by atoms with Crippen LogP contribution in [-0.2, 0) is 4.79 Å². The molecule has 0 radical (unpaired) electrons. The van der Waals surface area contributed by atoms with Gasteiger partial charge >= 0.3 is 0 Å². The monoisotopic (exact) mass is 381 g/mol. The van der Waals surface area contributed by atoms with Crippen molar-refractivity contribution in [1.82, 2.24) is 15.1 Å². The molecule has 0 saturated carbocycles. The molecular weight excluding hydrogens is 354 g/mol. The molecule has 1 amide bonds. The molecule has 0 bridgehead atoms. The van der Waals surface area contributed by atoms with Crippen LogP contribution in [0.1, 0.15) is 18.4 Å². The highest BCUT2D eigenvalue weighted by molar-refractivity contribution is 5.80. The van der Waals surface area contributed by atoms with Crippen LogP contribution in [0.4, 0.5) is 11.4 Å². The lowest BCUT2D eigenvalue weighted by Gasteiger charge is -2.40. The lowest BCUT2D eigenvalue weighted by molar-refractivity contribution is -0.136. The predicted molar refractivity (Wildman–Crippen MR) is 110 cm³/mol. The number of rotatable bonds is 3. The van der Waals surface area contributed by atoms with Gasteiger partial charge in [0.15, 0.2) is 0 Å². The van der Waals surface area contributed by atoms with Crippen LogP contribution in [0.25, 0.3) is 0 Å². The Hall–Kier alpha value is -2.83. The van der Waals surface area contributed by atoms with E-state index in [1.54, 1.807) is 12.3 Å². The molecule has 148 valence electrons. The van der Waals surface area contributed by atoms with Gasteiger partial charge in [-0.25, -0.2) is 5.10 Å². The van der Waals surface area contributed by atoms with E-state index >= 15 is 0 Å². The number of aromatic nitrogens is 2. The number of nitrogens with zero attached hydrogens (tertiary/aromatic N) is 4. The summed E-state index contributed by atoms with van der Waals surface area (Å²) >= 11 is 0. The SMILES string of the molecule is Cc1cccc(N2CCN(C(=O)C3CCCN(c4cn[nH]c(=O)c4)C3)CC2)c1. The molecule has 4 rings (SSSR count). The van der Waals surface area contributed by atoms with E-state index in [1.807, 2.05) is 4.90 Å². The quantitative estimate of drug-likeness (QED) is 0.875. The average molecular weight is 381 g/mol. The number of aryl methyl sites for hydroxylation is 1. The van der Waals surface area contributed by atoms with Crippen LogP contribution in [0.15, 0.2) is 41.3 Å². The van der Waals surface area contributed by atoms with E-state index < -0.39 is 0 Å². The van der Waals surface area contributed by atoms with E-state index in [0.717, 1.165) is 51.3 Å². The molecule has 2 aliphatic rings. The second-order valence-electron chi connectivity index (χ2n) is 7.74. The fraction of sp³-hybridized carbons (Fsp3) is 0.476. The molecule has 3 heterocycles. The minimum absolute atomic E-state index is 0.0152. The Bertz CT molecular complexity index is 888. The molecule has 1 aromatic heterocycles. The number of piperazine rings is 1. The Morgan fingerprint density at radius 3 is 2.64 bits per heavy atom. The molecule has 1 unspecified atom stereocenters. The first-order valence-corrected chi connectivity index (χ1v) is 10.0. The van der Waals surface area contributed by atoms with Crippen molar-refractivity contribution in [3.05, 3.63) is 52.4 Å². The minimum Gasteiger partial charge on any atom is -0.369 e. The van der Waals surface area contributed by atoms with Crippen molar-refractivity contribution in [1.29, 1.82) is 0 Å². The van der Waals surface area contributed by atoms with Gasteiger partial charge < -0.3 is 14.7 Å². The number of H-pyrrole nitrogens is 1. The minimum atomic E-state index is -0.210. The number of piperidine rings is 1. The third-order valence-electron chi connectivity index (χ3n) is 5.74. The molecule has 0 aliphatic carbocycles. The fourth-order valence-corrected chi connectivity index (χ4v) is 4.22. The predicted octanol–water partition coefficient (Wildman–Crippen LogP) is 1.64. The van der Waals surface area contributed by atoms with Gasteiger partial charge in [0.05, 0.1) is 17.8 Å². The summed E-state index contributed by atoms with van der Waals surface area (Å²) in [4.78, 5) is 31.1. The van der Waals surface area contributed by atoms with E-state index in [9.17, 15) is 9.59 Å². The van der Waals surface area contributed by atoms with E-state index in [4.69, 9.17) is 0 Å². The summed E-state index contributed by atoms with van der Waals surface area (Å²) in [5, 5.41) is 6.29. The summed E-state index contributed by atoms with van der Waals surface area (Å²) in [6.07, 6.45) is 3.52. The zero-order valence-corrected chi connectivity index (χ0v) is 16.3. The normalized spacial score (nSPS) is 20.3. The molecule has 7 nitrogen and oxygen atoms in total. The Morgan fingerprint density at radius 2 is 1.89 bits per heavy atom. The molecule has 2 fully saturated rings. The van der Waals surface area contributed by atoms with Gasteiger partial charge in [0.25, 0.3) is 5.56 Å². The Labute approximate surface area is 165 Å². The fourth-order valence-electron chi connectivity index (χ4n) is 4.22. The van der Waals surface area contributed by atoms with Crippen LogP contribution < -0.4 is 15.4 Å².